The Labute approximate surface area is 130 Å². The third kappa shape index (κ3) is 3.25. The first-order chi connectivity index (χ1) is 10.7. The van der Waals surface area contributed by atoms with Gasteiger partial charge in [0, 0.05) is 18.3 Å². The fourth-order valence-electron chi connectivity index (χ4n) is 2.80. The van der Waals surface area contributed by atoms with Crippen molar-refractivity contribution in [1.29, 1.82) is 0 Å². The van der Waals surface area contributed by atoms with Crippen molar-refractivity contribution in [1.82, 2.24) is 9.97 Å². The second-order valence-electron chi connectivity index (χ2n) is 5.61. The Morgan fingerprint density at radius 3 is 2.59 bits per heavy atom. The van der Waals surface area contributed by atoms with Gasteiger partial charge in [0.25, 0.3) is 0 Å². The van der Waals surface area contributed by atoms with E-state index in [1.165, 1.54) is 5.56 Å². The van der Waals surface area contributed by atoms with Gasteiger partial charge in [-0.25, -0.2) is 9.37 Å². The van der Waals surface area contributed by atoms with Gasteiger partial charge in [-0.05, 0) is 36.5 Å². The molecular weight excluding hydrogens is 275 g/mol. The first-order valence-electron chi connectivity index (χ1n) is 7.51. The molecule has 22 heavy (non-hydrogen) atoms. The molecule has 0 saturated carbocycles. The van der Waals surface area contributed by atoms with Gasteiger partial charge in [0.05, 0.1) is 0 Å². The summed E-state index contributed by atoms with van der Waals surface area (Å²) in [5.74, 6) is 0.936. The minimum atomic E-state index is -0.105. The van der Waals surface area contributed by atoms with E-state index in [0.717, 1.165) is 17.8 Å². The molecule has 1 heterocycles. The Kier molecular flexibility index (Phi) is 4.33. The number of halogens is 1. The van der Waals surface area contributed by atoms with E-state index in [1.807, 2.05) is 36.5 Å². The number of aromatic amines is 1. The number of hydrogen-bond acceptors (Lipinski definition) is 1. The van der Waals surface area contributed by atoms with Crippen molar-refractivity contribution in [2.24, 2.45) is 0 Å². The van der Waals surface area contributed by atoms with E-state index in [2.05, 4.69) is 22.1 Å². The van der Waals surface area contributed by atoms with Gasteiger partial charge >= 0.3 is 0 Å². The lowest BCUT2D eigenvalue weighted by Crippen LogP contribution is -2.10. The molecule has 0 radical (unpaired) electrons. The lowest BCUT2D eigenvalue weighted by atomic mass is 9.91. The third-order valence-corrected chi connectivity index (χ3v) is 3.97. The Bertz CT molecular complexity index is 720. The van der Waals surface area contributed by atoms with E-state index in [4.69, 9.17) is 0 Å². The maximum atomic E-state index is 14.3. The van der Waals surface area contributed by atoms with Crippen LogP contribution in [0.1, 0.15) is 28.4 Å². The number of nitrogens with one attached hydrogen (secondary N) is 1. The number of imidazole rings is 1. The molecule has 1 aromatic heterocycles. The molecule has 3 rings (SSSR count). The first-order valence-corrected chi connectivity index (χ1v) is 7.51. The zero-order valence-corrected chi connectivity index (χ0v) is 12.6. The largest absolute Gasteiger partial charge is 0.348 e. The summed E-state index contributed by atoms with van der Waals surface area (Å²) >= 11 is 0. The highest BCUT2D eigenvalue weighted by Gasteiger charge is 2.18. The van der Waals surface area contributed by atoms with Gasteiger partial charge in [0.2, 0.25) is 0 Å². The maximum absolute atomic E-state index is 14.3. The van der Waals surface area contributed by atoms with Crippen LogP contribution in [0.4, 0.5) is 4.39 Å². The molecule has 1 N–H and O–H groups in total. The lowest BCUT2D eigenvalue weighted by Gasteiger charge is -2.16. The minimum absolute atomic E-state index is 0.105. The number of nitrogens with zero attached hydrogens (tertiary/aromatic N) is 1. The van der Waals surface area contributed by atoms with Crippen LogP contribution in [0.25, 0.3) is 0 Å². The minimum Gasteiger partial charge on any atom is -0.348 e. The predicted molar refractivity (Wildman–Crippen MR) is 86.3 cm³/mol. The van der Waals surface area contributed by atoms with E-state index in [1.54, 1.807) is 19.2 Å². The molecular formula is C19H19FN2. The summed E-state index contributed by atoms with van der Waals surface area (Å²) in [4.78, 5) is 7.56. The van der Waals surface area contributed by atoms with Crippen molar-refractivity contribution < 1.29 is 4.39 Å². The van der Waals surface area contributed by atoms with Crippen LogP contribution in [0.15, 0.2) is 60.9 Å². The van der Waals surface area contributed by atoms with Crippen molar-refractivity contribution in [3.8, 4) is 0 Å². The summed E-state index contributed by atoms with van der Waals surface area (Å²) in [6, 6.07) is 15.8. The molecule has 3 heteroatoms. The summed E-state index contributed by atoms with van der Waals surface area (Å²) in [5, 5.41) is 0. The molecule has 0 aliphatic carbocycles. The van der Waals surface area contributed by atoms with Crippen LogP contribution >= 0.6 is 0 Å². The van der Waals surface area contributed by atoms with Crippen LogP contribution in [0.2, 0.25) is 0 Å². The summed E-state index contributed by atoms with van der Waals surface area (Å²) in [6.07, 6.45) is 5.04. The van der Waals surface area contributed by atoms with Crippen molar-refractivity contribution in [3.05, 3.63) is 89.3 Å². The van der Waals surface area contributed by atoms with Crippen molar-refractivity contribution in [2.75, 3.05) is 0 Å². The third-order valence-electron chi connectivity index (χ3n) is 3.97. The maximum Gasteiger partial charge on any atom is 0.129 e. The van der Waals surface area contributed by atoms with Crippen molar-refractivity contribution in [3.63, 3.8) is 0 Å². The van der Waals surface area contributed by atoms with Crippen molar-refractivity contribution in [2.45, 2.75) is 25.7 Å². The van der Waals surface area contributed by atoms with E-state index in [9.17, 15) is 4.39 Å². The van der Waals surface area contributed by atoms with E-state index >= 15 is 0 Å². The highest BCUT2D eigenvalue weighted by Crippen LogP contribution is 2.25. The smallest absolute Gasteiger partial charge is 0.129 e. The van der Waals surface area contributed by atoms with Gasteiger partial charge in [-0.3, -0.25) is 0 Å². The number of aromatic nitrogens is 2. The lowest BCUT2D eigenvalue weighted by molar-refractivity contribution is 0.571. The molecule has 0 spiro atoms. The standard InChI is InChI=1S/C19H19FN2/c1-14-6-5-9-16(18(14)20)13-17(19-21-10-11-22-19)12-15-7-3-2-4-8-15/h2-11,17H,12-13H2,1H3,(H,21,22). The molecule has 2 aromatic carbocycles. The normalized spacial score (nSPS) is 12.3. The van der Waals surface area contributed by atoms with Gasteiger partial charge in [-0.2, -0.15) is 0 Å². The van der Waals surface area contributed by atoms with Crippen LogP contribution in [0.3, 0.4) is 0 Å². The number of benzene rings is 2. The van der Waals surface area contributed by atoms with E-state index in [-0.39, 0.29) is 11.7 Å². The van der Waals surface area contributed by atoms with E-state index in [0.29, 0.717) is 12.0 Å². The van der Waals surface area contributed by atoms with Gasteiger partial charge < -0.3 is 4.98 Å². The molecule has 1 atom stereocenters. The molecule has 0 saturated heterocycles. The highest BCUT2D eigenvalue weighted by molar-refractivity contribution is 5.27. The van der Waals surface area contributed by atoms with Gasteiger partial charge in [-0.15, -0.1) is 0 Å². The van der Waals surface area contributed by atoms with Crippen LogP contribution < -0.4 is 0 Å². The van der Waals surface area contributed by atoms with Crippen LogP contribution in [0.5, 0.6) is 0 Å². The van der Waals surface area contributed by atoms with E-state index < -0.39 is 0 Å². The molecule has 0 aliphatic rings. The molecule has 3 aromatic rings. The molecule has 0 aliphatic heterocycles. The first kappa shape index (κ1) is 14.5. The molecule has 0 fully saturated rings. The van der Waals surface area contributed by atoms with Gasteiger partial charge in [-0.1, -0.05) is 48.5 Å². The Hall–Kier alpha value is -2.42. The quantitative estimate of drug-likeness (QED) is 0.741. The molecule has 1 unspecified atom stereocenters. The SMILES string of the molecule is Cc1cccc(CC(Cc2ccccc2)c2ncc[nH]2)c1F. The van der Waals surface area contributed by atoms with Crippen LogP contribution in [-0.2, 0) is 12.8 Å². The fourth-order valence-corrected chi connectivity index (χ4v) is 2.80. The molecule has 0 amide bonds. The Morgan fingerprint density at radius 2 is 1.86 bits per heavy atom. The summed E-state index contributed by atoms with van der Waals surface area (Å²) in [7, 11) is 0. The Morgan fingerprint density at radius 1 is 1.05 bits per heavy atom. The topological polar surface area (TPSA) is 28.7 Å². The number of rotatable bonds is 5. The average molecular weight is 294 g/mol. The number of hydrogen-bond donors (Lipinski definition) is 1. The van der Waals surface area contributed by atoms with Gasteiger partial charge in [0.15, 0.2) is 0 Å². The second kappa shape index (κ2) is 6.56. The summed E-state index contributed by atoms with van der Waals surface area (Å²) < 4.78 is 14.3. The van der Waals surface area contributed by atoms with Crippen LogP contribution in [-0.4, -0.2) is 9.97 Å². The number of H-pyrrole nitrogens is 1. The highest BCUT2D eigenvalue weighted by atomic mass is 19.1. The summed E-state index contributed by atoms with van der Waals surface area (Å²) in [6.45, 7) is 1.80. The van der Waals surface area contributed by atoms with Gasteiger partial charge in [0.1, 0.15) is 11.6 Å². The zero-order chi connectivity index (χ0) is 15.4. The summed E-state index contributed by atoms with van der Waals surface area (Å²) in [5.41, 5.74) is 2.67. The second-order valence-corrected chi connectivity index (χ2v) is 5.61. The van der Waals surface area contributed by atoms with Crippen LogP contribution in [0, 0.1) is 12.7 Å². The Balaban J connectivity index is 1.88. The molecule has 112 valence electrons. The number of aryl methyl sites for hydroxylation is 1. The van der Waals surface area contributed by atoms with Crippen molar-refractivity contribution >= 4 is 0 Å². The predicted octanol–water partition coefficient (Wildman–Crippen LogP) is 4.43. The average Bonchev–Trinajstić information content (AvgIpc) is 3.06. The fraction of sp³-hybridized carbons (Fsp3) is 0.211. The molecule has 2 nitrogen and oxygen atoms in total. The molecule has 0 bridgehead atoms. The zero-order valence-electron chi connectivity index (χ0n) is 12.6. The monoisotopic (exact) mass is 294 g/mol.